The highest BCUT2D eigenvalue weighted by Crippen LogP contribution is 2.30. The predicted octanol–water partition coefficient (Wildman–Crippen LogP) is 2.28. The second kappa shape index (κ2) is 8.38. The molecular formula is C21H25N5O3. The van der Waals surface area contributed by atoms with E-state index in [0.29, 0.717) is 24.6 Å². The van der Waals surface area contributed by atoms with Crippen LogP contribution in [-0.2, 0) is 11.3 Å². The highest BCUT2D eigenvalue weighted by Gasteiger charge is 2.28. The normalized spacial score (nSPS) is 16.6. The van der Waals surface area contributed by atoms with Gasteiger partial charge < -0.3 is 19.7 Å². The summed E-state index contributed by atoms with van der Waals surface area (Å²) in [6, 6.07) is 11.5. The molecule has 1 aromatic carbocycles. The van der Waals surface area contributed by atoms with Crippen molar-refractivity contribution in [2.45, 2.75) is 19.4 Å². The van der Waals surface area contributed by atoms with E-state index in [-0.39, 0.29) is 11.8 Å². The number of nitrogens with zero attached hydrogens (tertiary/aromatic N) is 4. The molecule has 29 heavy (non-hydrogen) atoms. The minimum absolute atomic E-state index is 0.0355. The number of fused-ring (bicyclic) bond motifs is 1. The van der Waals surface area contributed by atoms with Crippen LogP contribution in [0, 0.1) is 5.92 Å². The Balaban J connectivity index is 1.43. The zero-order valence-corrected chi connectivity index (χ0v) is 16.7. The van der Waals surface area contributed by atoms with Gasteiger partial charge in [0, 0.05) is 31.4 Å². The van der Waals surface area contributed by atoms with E-state index in [0.717, 1.165) is 36.5 Å². The minimum atomic E-state index is -0.101. The van der Waals surface area contributed by atoms with Gasteiger partial charge in [0.25, 0.3) is 0 Å². The zero-order chi connectivity index (χ0) is 20.2. The summed E-state index contributed by atoms with van der Waals surface area (Å²) >= 11 is 0. The van der Waals surface area contributed by atoms with Crippen LogP contribution >= 0.6 is 0 Å². The van der Waals surface area contributed by atoms with Gasteiger partial charge in [-0.3, -0.25) is 9.20 Å². The van der Waals surface area contributed by atoms with Gasteiger partial charge >= 0.3 is 0 Å². The van der Waals surface area contributed by atoms with Crippen LogP contribution < -0.4 is 19.7 Å². The van der Waals surface area contributed by atoms with Crippen LogP contribution in [0.15, 0.2) is 42.6 Å². The van der Waals surface area contributed by atoms with Crippen LogP contribution in [0.5, 0.6) is 11.5 Å². The predicted molar refractivity (Wildman–Crippen MR) is 109 cm³/mol. The molecule has 0 saturated carbocycles. The molecule has 0 bridgehead atoms. The number of methoxy groups -OCH3 is 2. The van der Waals surface area contributed by atoms with Crippen LogP contribution in [0.25, 0.3) is 5.65 Å². The topological polar surface area (TPSA) is 81.0 Å². The average Bonchev–Trinajstić information content (AvgIpc) is 3.21. The van der Waals surface area contributed by atoms with Crippen molar-refractivity contribution in [2.24, 2.45) is 5.92 Å². The summed E-state index contributed by atoms with van der Waals surface area (Å²) in [7, 11) is 3.20. The van der Waals surface area contributed by atoms with Crippen LogP contribution in [-0.4, -0.2) is 47.8 Å². The summed E-state index contributed by atoms with van der Waals surface area (Å²) in [5, 5.41) is 11.6. The van der Waals surface area contributed by atoms with Gasteiger partial charge in [0.1, 0.15) is 0 Å². The van der Waals surface area contributed by atoms with Crippen LogP contribution in [0.2, 0.25) is 0 Å². The number of amides is 1. The molecule has 1 amide bonds. The first-order valence-corrected chi connectivity index (χ1v) is 9.73. The minimum Gasteiger partial charge on any atom is -0.493 e. The summed E-state index contributed by atoms with van der Waals surface area (Å²) in [6.45, 7) is 1.88. The molecule has 0 spiro atoms. The van der Waals surface area contributed by atoms with Crippen molar-refractivity contribution in [1.29, 1.82) is 0 Å². The summed E-state index contributed by atoms with van der Waals surface area (Å²) in [5.41, 5.74) is 1.69. The smallest absolute Gasteiger partial charge is 0.231 e. The highest BCUT2D eigenvalue weighted by atomic mass is 16.5. The van der Waals surface area contributed by atoms with Crippen molar-refractivity contribution >= 4 is 17.5 Å². The maximum absolute atomic E-state index is 12.9. The number of hydrogen-bond acceptors (Lipinski definition) is 6. The van der Waals surface area contributed by atoms with Gasteiger partial charge in [0.2, 0.25) is 11.9 Å². The fraction of sp³-hybridized carbons (Fsp3) is 0.381. The van der Waals surface area contributed by atoms with Crippen molar-refractivity contribution in [3.05, 3.63) is 48.2 Å². The van der Waals surface area contributed by atoms with Gasteiger partial charge in [-0.25, -0.2) is 0 Å². The van der Waals surface area contributed by atoms with E-state index >= 15 is 0 Å². The van der Waals surface area contributed by atoms with Crippen molar-refractivity contribution in [3.63, 3.8) is 0 Å². The maximum Gasteiger partial charge on any atom is 0.231 e. The molecule has 152 valence electrons. The maximum atomic E-state index is 12.9. The number of rotatable bonds is 6. The SMILES string of the molecule is COc1cccc(CNC(=O)C2CCCN(c3nnc4ccccn34)C2)c1OC. The van der Waals surface area contributed by atoms with Gasteiger partial charge in [-0.2, -0.15) is 0 Å². The number of piperidine rings is 1. The van der Waals surface area contributed by atoms with Gasteiger partial charge in [0.15, 0.2) is 17.1 Å². The Morgan fingerprint density at radius 1 is 1.17 bits per heavy atom. The molecular weight excluding hydrogens is 370 g/mol. The van der Waals surface area contributed by atoms with E-state index in [4.69, 9.17) is 9.47 Å². The zero-order valence-electron chi connectivity index (χ0n) is 16.7. The molecule has 1 N–H and O–H groups in total. The molecule has 3 heterocycles. The summed E-state index contributed by atoms with van der Waals surface area (Å²) < 4.78 is 12.7. The Morgan fingerprint density at radius 2 is 2.07 bits per heavy atom. The third kappa shape index (κ3) is 3.83. The summed E-state index contributed by atoms with van der Waals surface area (Å²) in [4.78, 5) is 15.0. The Morgan fingerprint density at radius 3 is 2.90 bits per heavy atom. The molecule has 8 nitrogen and oxygen atoms in total. The second-order valence-corrected chi connectivity index (χ2v) is 7.08. The highest BCUT2D eigenvalue weighted by molar-refractivity contribution is 5.79. The average molecular weight is 395 g/mol. The Hall–Kier alpha value is -3.29. The molecule has 2 aromatic heterocycles. The lowest BCUT2D eigenvalue weighted by Crippen LogP contribution is -2.43. The lowest BCUT2D eigenvalue weighted by molar-refractivity contribution is -0.125. The van der Waals surface area contributed by atoms with Crippen LogP contribution in [0.1, 0.15) is 18.4 Å². The first-order chi connectivity index (χ1) is 14.2. The largest absolute Gasteiger partial charge is 0.493 e. The van der Waals surface area contributed by atoms with Crippen molar-refractivity contribution < 1.29 is 14.3 Å². The number of para-hydroxylation sites is 1. The molecule has 1 atom stereocenters. The van der Waals surface area contributed by atoms with Crippen molar-refractivity contribution in [3.8, 4) is 11.5 Å². The number of ether oxygens (including phenoxy) is 2. The quantitative estimate of drug-likeness (QED) is 0.690. The molecule has 1 saturated heterocycles. The standard InChI is InChI=1S/C21H25N5O3/c1-28-17-9-5-7-15(19(17)29-2)13-22-20(27)16-8-6-11-25(14-16)21-24-23-18-10-3-4-12-26(18)21/h3-5,7,9-10,12,16H,6,8,11,13-14H2,1-2H3,(H,22,27). The first-order valence-electron chi connectivity index (χ1n) is 9.73. The number of anilines is 1. The third-order valence-electron chi connectivity index (χ3n) is 5.31. The number of aromatic nitrogens is 3. The lowest BCUT2D eigenvalue weighted by atomic mass is 9.97. The van der Waals surface area contributed by atoms with Crippen LogP contribution in [0.4, 0.5) is 5.95 Å². The molecule has 8 heteroatoms. The van der Waals surface area contributed by atoms with Gasteiger partial charge in [-0.15, -0.1) is 10.2 Å². The fourth-order valence-corrected chi connectivity index (χ4v) is 3.84. The Labute approximate surface area is 169 Å². The first kappa shape index (κ1) is 19.0. The monoisotopic (exact) mass is 395 g/mol. The van der Waals surface area contributed by atoms with E-state index in [1.807, 2.05) is 47.0 Å². The molecule has 1 aliphatic rings. The fourth-order valence-electron chi connectivity index (χ4n) is 3.84. The number of nitrogens with one attached hydrogen (secondary N) is 1. The Bertz CT molecular complexity index is 1000. The van der Waals surface area contributed by atoms with Crippen molar-refractivity contribution in [2.75, 3.05) is 32.2 Å². The third-order valence-corrected chi connectivity index (χ3v) is 5.31. The molecule has 0 radical (unpaired) electrons. The molecule has 1 fully saturated rings. The van der Waals surface area contributed by atoms with E-state index in [2.05, 4.69) is 20.4 Å². The van der Waals surface area contributed by atoms with E-state index in [1.54, 1.807) is 14.2 Å². The molecule has 1 unspecified atom stereocenters. The molecule has 0 aliphatic carbocycles. The van der Waals surface area contributed by atoms with E-state index in [9.17, 15) is 4.79 Å². The number of pyridine rings is 1. The molecule has 3 aromatic rings. The molecule has 4 rings (SSSR count). The summed E-state index contributed by atoms with van der Waals surface area (Å²) in [5.74, 6) is 2.02. The number of benzene rings is 1. The van der Waals surface area contributed by atoms with E-state index in [1.165, 1.54) is 0 Å². The van der Waals surface area contributed by atoms with Gasteiger partial charge in [-0.05, 0) is 31.0 Å². The van der Waals surface area contributed by atoms with Crippen molar-refractivity contribution in [1.82, 2.24) is 19.9 Å². The number of carbonyl (C=O) groups is 1. The number of hydrogen-bond donors (Lipinski definition) is 1. The lowest BCUT2D eigenvalue weighted by Gasteiger charge is -2.32. The van der Waals surface area contributed by atoms with Gasteiger partial charge in [0.05, 0.1) is 20.1 Å². The molecule has 1 aliphatic heterocycles. The Kier molecular flexibility index (Phi) is 5.50. The van der Waals surface area contributed by atoms with Crippen LogP contribution in [0.3, 0.4) is 0 Å². The van der Waals surface area contributed by atoms with Gasteiger partial charge in [-0.1, -0.05) is 18.2 Å². The van der Waals surface area contributed by atoms with E-state index < -0.39 is 0 Å². The number of carbonyl (C=O) groups excluding carboxylic acids is 1. The second-order valence-electron chi connectivity index (χ2n) is 7.08. The summed E-state index contributed by atoms with van der Waals surface area (Å²) in [6.07, 6.45) is 3.74.